The Labute approximate surface area is 191 Å². The van der Waals surface area contributed by atoms with Crippen LogP contribution in [0.1, 0.15) is 23.4 Å². The van der Waals surface area contributed by atoms with E-state index in [1.165, 1.54) is 0 Å². The molecule has 0 radical (unpaired) electrons. The molecule has 0 atom stereocenters. The number of carbonyl (C=O) groups is 1. The Morgan fingerprint density at radius 2 is 1.96 bits per heavy atom. The zero-order valence-corrected chi connectivity index (χ0v) is 20.6. The highest BCUT2D eigenvalue weighted by atomic mass is 127. The van der Waals surface area contributed by atoms with Gasteiger partial charge in [-0.05, 0) is 51.0 Å². The summed E-state index contributed by atoms with van der Waals surface area (Å²) in [4.78, 5) is 16.3. The van der Waals surface area contributed by atoms with Gasteiger partial charge in [0.2, 0.25) is 5.91 Å². The predicted octanol–water partition coefficient (Wildman–Crippen LogP) is 3.38. The van der Waals surface area contributed by atoms with Crippen molar-refractivity contribution in [2.45, 2.75) is 33.7 Å². The highest BCUT2D eigenvalue weighted by molar-refractivity contribution is 14.0. The number of rotatable bonds is 7. The zero-order valence-electron chi connectivity index (χ0n) is 16.7. The first-order valence-corrected chi connectivity index (χ1v) is 9.70. The van der Waals surface area contributed by atoms with Gasteiger partial charge in [0, 0.05) is 36.0 Å². The largest absolute Gasteiger partial charge is 0.356 e. The summed E-state index contributed by atoms with van der Waals surface area (Å²) in [6, 6.07) is 7.86. The Morgan fingerprint density at radius 1 is 1.21 bits per heavy atom. The van der Waals surface area contributed by atoms with E-state index in [1.807, 2.05) is 36.7 Å². The third kappa shape index (κ3) is 7.78. The first-order valence-electron chi connectivity index (χ1n) is 8.90. The van der Waals surface area contributed by atoms with Crippen LogP contribution in [0.4, 0.5) is 5.69 Å². The van der Waals surface area contributed by atoms with Crippen LogP contribution in [-0.2, 0) is 11.3 Å². The fourth-order valence-corrected chi connectivity index (χ4v) is 3.01. The molecule has 1 heterocycles. The number of hydrogen-bond donors (Lipinski definition) is 3. The van der Waals surface area contributed by atoms with Crippen LogP contribution in [0.2, 0.25) is 0 Å². The van der Waals surface area contributed by atoms with E-state index in [0.717, 1.165) is 46.6 Å². The maximum absolute atomic E-state index is 12.2. The fraction of sp³-hybridized carbons (Fsp3) is 0.421. The smallest absolute Gasteiger partial charge is 0.243 e. The molecule has 3 N–H and O–H groups in total. The number of guanidine groups is 1. The number of benzene rings is 1. The molecule has 0 unspecified atom stereocenters. The number of amides is 1. The molecule has 154 valence electrons. The standard InChI is InChI=1S/C19H27BrN6O.HI/c1-13-6-7-16(20)11-17(13)24-18(27)12-23-19(21-4)22-8-5-9-26-15(3)10-14(2)25-26;/h6-7,10-11H,5,8-9,12H2,1-4H3,(H,24,27)(H2,21,22,23);1H. The van der Waals surface area contributed by atoms with Crippen LogP contribution in [0.25, 0.3) is 0 Å². The van der Waals surface area contributed by atoms with Crippen molar-refractivity contribution >= 4 is 57.5 Å². The average Bonchev–Trinajstić information content (AvgIpc) is 2.95. The van der Waals surface area contributed by atoms with E-state index >= 15 is 0 Å². The summed E-state index contributed by atoms with van der Waals surface area (Å²) in [6.07, 6.45) is 0.909. The van der Waals surface area contributed by atoms with Crippen LogP contribution in [-0.4, -0.2) is 41.8 Å². The number of aromatic nitrogens is 2. The van der Waals surface area contributed by atoms with Crippen LogP contribution < -0.4 is 16.0 Å². The number of aliphatic imine (C=N–C) groups is 1. The molecule has 28 heavy (non-hydrogen) atoms. The quantitative estimate of drug-likeness (QED) is 0.209. The van der Waals surface area contributed by atoms with Crippen LogP contribution in [0.15, 0.2) is 33.7 Å². The number of nitrogens with one attached hydrogen (secondary N) is 3. The van der Waals surface area contributed by atoms with Crippen LogP contribution in [0.3, 0.4) is 0 Å². The van der Waals surface area contributed by atoms with Crippen LogP contribution in [0.5, 0.6) is 0 Å². The van der Waals surface area contributed by atoms with Gasteiger partial charge in [0.1, 0.15) is 0 Å². The minimum absolute atomic E-state index is 0. The summed E-state index contributed by atoms with van der Waals surface area (Å²) in [6.45, 7) is 7.73. The molecular formula is C19H28BrIN6O. The molecule has 2 aromatic rings. The average molecular weight is 563 g/mol. The van der Waals surface area contributed by atoms with Crippen molar-refractivity contribution in [2.75, 3.05) is 25.5 Å². The third-order valence-corrected chi connectivity index (χ3v) is 4.55. The van der Waals surface area contributed by atoms with E-state index in [9.17, 15) is 4.79 Å². The van der Waals surface area contributed by atoms with E-state index in [-0.39, 0.29) is 36.4 Å². The molecule has 0 fully saturated rings. The summed E-state index contributed by atoms with van der Waals surface area (Å²) in [5.74, 6) is 0.478. The van der Waals surface area contributed by atoms with Crippen molar-refractivity contribution in [3.8, 4) is 0 Å². The van der Waals surface area contributed by atoms with Crippen molar-refractivity contribution in [2.24, 2.45) is 4.99 Å². The lowest BCUT2D eigenvalue weighted by atomic mass is 10.2. The van der Waals surface area contributed by atoms with Gasteiger partial charge in [-0.25, -0.2) is 0 Å². The molecule has 0 spiro atoms. The maximum Gasteiger partial charge on any atom is 0.243 e. The van der Waals surface area contributed by atoms with Gasteiger partial charge in [-0.3, -0.25) is 14.5 Å². The second kappa shape index (κ2) is 12.1. The van der Waals surface area contributed by atoms with Crippen molar-refractivity contribution in [1.29, 1.82) is 0 Å². The third-order valence-electron chi connectivity index (χ3n) is 4.06. The van der Waals surface area contributed by atoms with Gasteiger partial charge in [-0.1, -0.05) is 22.0 Å². The van der Waals surface area contributed by atoms with Gasteiger partial charge >= 0.3 is 0 Å². The Hall–Kier alpha value is -1.62. The molecule has 0 bridgehead atoms. The monoisotopic (exact) mass is 562 g/mol. The number of carbonyl (C=O) groups excluding carboxylic acids is 1. The molecule has 9 heteroatoms. The molecular weight excluding hydrogens is 535 g/mol. The zero-order chi connectivity index (χ0) is 19.8. The van der Waals surface area contributed by atoms with Gasteiger partial charge in [0.25, 0.3) is 0 Å². The number of nitrogens with zero attached hydrogens (tertiary/aromatic N) is 3. The summed E-state index contributed by atoms with van der Waals surface area (Å²) >= 11 is 3.42. The van der Waals surface area contributed by atoms with E-state index in [0.29, 0.717) is 5.96 Å². The Morgan fingerprint density at radius 3 is 2.61 bits per heavy atom. The van der Waals surface area contributed by atoms with Gasteiger partial charge in [-0.2, -0.15) is 5.10 Å². The van der Waals surface area contributed by atoms with Gasteiger partial charge in [0.15, 0.2) is 5.96 Å². The molecule has 1 amide bonds. The normalized spacial score (nSPS) is 11.0. The number of halogens is 2. The Bertz CT molecular complexity index is 821. The first-order chi connectivity index (χ1) is 12.9. The van der Waals surface area contributed by atoms with Crippen LogP contribution >= 0.6 is 39.9 Å². The predicted molar refractivity (Wildman–Crippen MR) is 129 cm³/mol. The first kappa shape index (κ1) is 24.4. The van der Waals surface area contributed by atoms with Gasteiger partial charge < -0.3 is 16.0 Å². The molecule has 7 nitrogen and oxygen atoms in total. The SMILES string of the molecule is CN=C(NCCCn1nc(C)cc1C)NCC(=O)Nc1cc(Br)ccc1C.I. The lowest BCUT2D eigenvalue weighted by Gasteiger charge is -2.13. The number of anilines is 1. The molecule has 0 aliphatic rings. The molecule has 0 aliphatic carbocycles. The molecule has 0 aliphatic heterocycles. The molecule has 0 saturated carbocycles. The summed E-state index contributed by atoms with van der Waals surface area (Å²) in [5.41, 5.74) is 4.00. The minimum Gasteiger partial charge on any atom is -0.356 e. The van der Waals surface area contributed by atoms with E-state index in [1.54, 1.807) is 7.05 Å². The Kier molecular flexibility index (Phi) is 10.5. The topological polar surface area (TPSA) is 83.3 Å². The Balaban J connectivity index is 0.00000392. The van der Waals surface area contributed by atoms with Gasteiger partial charge in [0.05, 0.1) is 12.2 Å². The second-order valence-corrected chi connectivity index (χ2v) is 7.28. The van der Waals surface area contributed by atoms with Crippen molar-refractivity contribution in [3.63, 3.8) is 0 Å². The summed E-state index contributed by atoms with van der Waals surface area (Å²) in [7, 11) is 1.69. The molecule has 2 rings (SSSR count). The van der Waals surface area contributed by atoms with E-state index in [4.69, 9.17) is 0 Å². The van der Waals surface area contributed by atoms with Gasteiger partial charge in [-0.15, -0.1) is 24.0 Å². The summed E-state index contributed by atoms with van der Waals surface area (Å²) < 4.78 is 2.93. The summed E-state index contributed by atoms with van der Waals surface area (Å²) in [5, 5.41) is 13.6. The van der Waals surface area contributed by atoms with Crippen molar-refractivity contribution in [3.05, 3.63) is 45.7 Å². The van der Waals surface area contributed by atoms with Crippen molar-refractivity contribution in [1.82, 2.24) is 20.4 Å². The van der Waals surface area contributed by atoms with Crippen molar-refractivity contribution < 1.29 is 4.79 Å². The second-order valence-electron chi connectivity index (χ2n) is 6.36. The highest BCUT2D eigenvalue weighted by Gasteiger charge is 2.07. The van der Waals surface area contributed by atoms with E-state index < -0.39 is 0 Å². The number of aryl methyl sites for hydroxylation is 4. The molecule has 0 saturated heterocycles. The minimum atomic E-state index is -0.123. The van der Waals surface area contributed by atoms with E-state index in [2.05, 4.69) is 55.0 Å². The van der Waals surface area contributed by atoms with Crippen LogP contribution in [0, 0.1) is 20.8 Å². The maximum atomic E-state index is 12.2. The number of hydrogen-bond acceptors (Lipinski definition) is 3. The lowest BCUT2D eigenvalue weighted by Crippen LogP contribution is -2.41. The fourth-order valence-electron chi connectivity index (χ4n) is 2.64. The lowest BCUT2D eigenvalue weighted by molar-refractivity contribution is -0.115. The molecule has 1 aromatic carbocycles. The molecule has 1 aromatic heterocycles. The highest BCUT2D eigenvalue weighted by Crippen LogP contribution is 2.20.